The highest BCUT2D eigenvalue weighted by Crippen LogP contribution is 2.28. The zero-order valence-corrected chi connectivity index (χ0v) is 14.4. The Labute approximate surface area is 128 Å². The van der Waals surface area contributed by atoms with Gasteiger partial charge in [-0.1, -0.05) is 48.5 Å². The van der Waals surface area contributed by atoms with Crippen molar-refractivity contribution >= 4 is 11.3 Å². The molecule has 0 aliphatic carbocycles. The van der Waals surface area contributed by atoms with Gasteiger partial charge in [0, 0.05) is 24.4 Å². The Morgan fingerprint density at radius 3 is 2.43 bits per heavy atom. The molecule has 0 bridgehead atoms. The Hall–Kier alpha value is -1.58. The summed E-state index contributed by atoms with van der Waals surface area (Å²) in [6.45, 7) is 16.5. The number of anilines is 1. The minimum Gasteiger partial charge on any atom is -0.368 e. The van der Waals surface area contributed by atoms with Crippen LogP contribution >= 0.6 is 0 Å². The zero-order valence-electron chi connectivity index (χ0n) is 14.4. The van der Waals surface area contributed by atoms with Gasteiger partial charge in [-0.3, -0.25) is 0 Å². The van der Waals surface area contributed by atoms with E-state index in [2.05, 4.69) is 69.9 Å². The predicted octanol–water partition coefficient (Wildman–Crippen LogP) is 4.12. The molecule has 0 radical (unpaired) electrons. The molecule has 0 atom stereocenters. The number of aromatic nitrogens is 3. The van der Waals surface area contributed by atoms with E-state index in [-0.39, 0.29) is 10.8 Å². The molecule has 0 unspecified atom stereocenters. The van der Waals surface area contributed by atoms with Crippen molar-refractivity contribution < 1.29 is 0 Å². The van der Waals surface area contributed by atoms with Crippen LogP contribution in [0.15, 0.2) is 18.5 Å². The van der Waals surface area contributed by atoms with E-state index in [1.807, 2.05) is 10.7 Å². The van der Waals surface area contributed by atoms with Crippen molar-refractivity contribution in [3.8, 4) is 0 Å². The molecule has 4 nitrogen and oxygen atoms in total. The summed E-state index contributed by atoms with van der Waals surface area (Å²) in [6.07, 6.45) is 3.71. The van der Waals surface area contributed by atoms with Crippen LogP contribution in [0.1, 0.15) is 54.2 Å². The quantitative estimate of drug-likeness (QED) is 0.920. The summed E-state index contributed by atoms with van der Waals surface area (Å²) in [6, 6.07) is 2.14. The molecule has 0 aliphatic heterocycles. The van der Waals surface area contributed by atoms with Crippen LogP contribution in [0.3, 0.4) is 0 Å². The Morgan fingerprint density at radius 1 is 1.19 bits per heavy atom. The van der Waals surface area contributed by atoms with E-state index in [1.54, 1.807) is 6.20 Å². The number of rotatable bonds is 4. The maximum atomic E-state index is 4.66. The first-order chi connectivity index (χ1) is 9.61. The van der Waals surface area contributed by atoms with Gasteiger partial charge in [-0.25, -0.2) is 9.50 Å². The Morgan fingerprint density at radius 2 is 1.86 bits per heavy atom. The fourth-order valence-corrected chi connectivity index (χ4v) is 1.94. The topological polar surface area (TPSA) is 42.2 Å². The normalized spacial score (nSPS) is 13.1. The molecule has 116 valence electrons. The average molecular weight is 288 g/mol. The van der Waals surface area contributed by atoms with E-state index in [1.165, 1.54) is 0 Å². The molecule has 2 aromatic heterocycles. The van der Waals surface area contributed by atoms with Crippen LogP contribution in [-0.2, 0) is 5.41 Å². The van der Waals surface area contributed by atoms with Crippen molar-refractivity contribution in [1.29, 1.82) is 0 Å². The molecule has 21 heavy (non-hydrogen) atoms. The van der Waals surface area contributed by atoms with Crippen molar-refractivity contribution in [2.24, 2.45) is 11.3 Å². The minimum absolute atomic E-state index is 0.0422. The standard InChI is InChI=1S/C17H28N4/c1-12(2)17(6,7)11-19-15-13-10-14(16(3,4)5)20-21(13)9-8-18-15/h8-10,12H,11H2,1-7H3,(H,18,19). The molecule has 0 aromatic carbocycles. The van der Waals surface area contributed by atoms with Crippen LogP contribution in [0.5, 0.6) is 0 Å². The fourth-order valence-electron chi connectivity index (χ4n) is 1.94. The lowest BCUT2D eigenvalue weighted by molar-refractivity contribution is 0.269. The Balaban J connectivity index is 2.31. The van der Waals surface area contributed by atoms with Crippen LogP contribution in [-0.4, -0.2) is 21.1 Å². The van der Waals surface area contributed by atoms with Gasteiger partial charge in [0.2, 0.25) is 0 Å². The van der Waals surface area contributed by atoms with Crippen molar-refractivity contribution in [2.45, 2.75) is 53.9 Å². The van der Waals surface area contributed by atoms with Crippen molar-refractivity contribution in [2.75, 3.05) is 11.9 Å². The molecule has 0 fully saturated rings. The Bertz CT molecular complexity index is 617. The molecule has 4 heteroatoms. The summed E-state index contributed by atoms with van der Waals surface area (Å²) in [7, 11) is 0. The van der Waals surface area contributed by atoms with E-state index in [0.717, 1.165) is 23.6 Å². The monoisotopic (exact) mass is 288 g/mol. The smallest absolute Gasteiger partial charge is 0.152 e. The van der Waals surface area contributed by atoms with E-state index >= 15 is 0 Å². The summed E-state index contributed by atoms with van der Waals surface area (Å²) >= 11 is 0. The highest BCUT2D eigenvalue weighted by atomic mass is 15.2. The van der Waals surface area contributed by atoms with Gasteiger partial charge in [0.05, 0.1) is 5.69 Å². The molecule has 2 aromatic rings. The second kappa shape index (κ2) is 5.32. The van der Waals surface area contributed by atoms with Gasteiger partial charge in [-0.2, -0.15) is 5.10 Å². The molecule has 2 heterocycles. The molecule has 0 saturated heterocycles. The average Bonchev–Trinajstić information content (AvgIpc) is 2.80. The van der Waals surface area contributed by atoms with Crippen LogP contribution in [0, 0.1) is 11.3 Å². The first-order valence-electron chi connectivity index (χ1n) is 7.70. The molecule has 0 amide bonds. The SMILES string of the molecule is CC(C)C(C)(C)CNc1nccn2nc(C(C)(C)C)cc12. The van der Waals surface area contributed by atoms with Crippen molar-refractivity contribution in [3.05, 3.63) is 24.2 Å². The van der Waals surface area contributed by atoms with Gasteiger partial charge >= 0.3 is 0 Å². The van der Waals surface area contributed by atoms with Crippen molar-refractivity contribution in [3.63, 3.8) is 0 Å². The van der Waals surface area contributed by atoms with E-state index < -0.39 is 0 Å². The molecule has 1 N–H and O–H groups in total. The first-order valence-corrected chi connectivity index (χ1v) is 7.70. The summed E-state index contributed by atoms with van der Waals surface area (Å²) in [4.78, 5) is 4.49. The summed E-state index contributed by atoms with van der Waals surface area (Å²) < 4.78 is 1.91. The number of nitrogens with one attached hydrogen (secondary N) is 1. The van der Waals surface area contributed by atoms with Crippen LogP contribution in [0.2, 0.25) is 0 Å². The highest BCUT2D eigenvalue weighted by molar-refractivity contribution is 5.68. The number of nitrogens with zero attached hydrogens (tertiary/aromatic N) is 3. The van der Waals surface area contributed by atoms with E-state index in [4.69, 9.17) is 0 Å². The highest BCUT2D eigenvalue weighted by Gasteiger charge is 2.23. The van der Waals surface area contributed by atoms with Crippen LogP contribution < -0.4 is 5.32 Å². The molecule has 2 rings (SSSR count). The number of hydrogen-bond donors (Lipinski definition) is 1. The molecule has 0 aliphatic rings. The summed E-state index contributed by atoms with van der Waals surface area (Å²) in [5, 5.41) is 8.16. The lowest BCUT2D eigenvalue weighted by Crippen LogP contribution is -2.28. The van der Waals surface area contributed by atoms with Gasteiger partial charge in [0.25, 0.3) is 0 Å². The van der Waals surface area contributed by atoms with Gasteiger partial charge < -0.3 is 5.32 Å². The van der Waals surface area contributed by atoms with Crippen LogP contribution in [0.25, 0.3) is 5.52 Å². The van der Waals surface area contributed by atoms with Gasteiger partial charge in [0.1, 0.15) is 5.52 Å². The second-order valence-corrected chi connectivity index (χ2v) is 7.88. The second-order valence-electron chi connectivity index (χ2n) is 7.88. The molecular formula is C17H28N4. The lowest BCUT2D eigenvalue weighted by atomic mass is 9.81. The third-order valence-electron chi connectivity index (χ3n) is 4.43. The molecule has 0 spiro atoms. The van der Waals surface area contributed by atoms with Gasteiger partial charge in [-0.15, -0.1) is 0 Å². The predicted molar refractivity (Wildman–Crippen MR) is 88.8 cm³/mol. The van der Waals surface area contributed by atoms with Gasteiger partial charge in [0.15, 0.2) is 5.82 Å². The van der Waals surface area contributed by atoms with E-state index in [9.17, 15) is 0 Å². The zero-order chi connectivity index (χ0) is 15.8. The third-order valence-corrected chi connectivity index (χ3v) is 4.43. The maximum absolute atomic E-state index is 4.66. The van der Waals surface area contributed by atoms with E-state index in [0.29, 0.717) is 5.92 Å². The minimum atomic E-state index is 0.0422. The first kappa shape index (κ1) is 15.8. The largest absolute Gasteiger partial charge is 0.368 e. The fraction of sp³-hybridized carbons (Fsp3) is 0.647. The van der Waals surface area contributed by atoms with Gasteiger partial charge in [-0.05, 0) is 17.4 Å². The Kier molecular flexibility index (Phi) is 4.00. The maximum Gasteiger partial charge on any atom is 0.152 e. The van der Waals surface area contributed by atoms with Crippen LogP contribution in [0.4, 0.5) is 5.82 Å². The number of fused-ring (bicyclic) bond motifs is 1. The molecule has 0 saturated carbocycles. The molecular weight excluding hydrogens is 260 g/mol. The summed E-state index contributed by atoms with van der Waals surface area (Å²) in [5.41, 5.74) is 2.39. The number of hydrogen-bond acceptors (Lipinski definition) is 3. The lowest BCUT2D eigenvalue weighted by Gasteiger charge is -2.29. The van der Waals surface area contributed by atoms with Crippen molar-refractivity contribution in [1.82, 2.24) is 14.6 Å². The third kappa shape index (κ3) is 3.36. The summed E-state index contributed by atoms with van der Waals surface area (Å²) in [5.74, 6) is 1.52.